The van der Waals surface area contributed by atoms with Gasteiger partial charge in [0.15, 0.2) is 0 Å². The Bertz CT molecular complexity index is 1320. The van der Waals surface area contributed by atoms with Crippen LogP contribution in [-0.2, 0) is 14.4 Å². The molecule has 3 aliphatic carbocycles. The van der Waals surface area contributed by atoms with Crippen LogP contribution in [0.4, 0.5) is 5.69 Å². The lowest BCUT2D eigenvalue weighted by molar-refractivity contribution is -0.147. The number of nitrogens with one attached hydrogen (secondary N) is 1. The molecule has 2 bridgehead atoms. The average Bonchev–Trinajstić information content (AvgIpc) is 3.17. The summed E-state index contributed by atoms with van der Waals surface area (Å²) in [7, 11) is 0. The molecule has 3 atom stereocenters. The summed E-state index contributed by atoms with van der Waals surface area (Å²) in [6.07, 6.45) is 2.01. The number of hydrogen-bond donors (Lipinski definition) is 1. The van der Waals surface area contributed by atoms with Crippen LogP contribution in [0.25, 0.3) is 0 Å². The van der Waals surface area contributed by atoms with E-state index in [0.717, 1.165) is 40.7 Å². The zero-order valence-electron chi connectivity index (χ0n) is 20.9. The first-order valence-electron chi connectivity index (χ1n) is 13.0. The maximum atomic E-state index is 14.1. The zero-order chi connectivity index (χ0) is 25.8. The lowest BCUT2D eigenvalue weighted by atomic mass is 9.55. The fourth-order valence-electron chi connectivity index (χ4n) is 6.68. The zero-order valence-corrected chi connectivity index (χ0v) is 21.7. The van der Waals surface area contributed by atoms with Crippen molar-refractivity contribution in [2.45, 2.75) is 51.0 Å². The molecule has 7 rings (SSSR count). The summed E-state index contributed by atoms with van der Waals surface area (Å²) in [5.41, 5.74) is 5.96. The van der Waals surface area contributed by atoms with E-state index in [4.69, 9.17) is 11.6 Å². The Labute approximate surface area is 221 Å². The first-order chi connectivity index (χ1) is 17.9. The number of nitrogens with zero attached hydrogens (tertiary/aromatic N) is 1. The van der Waals surface area contributed by atoms with Crippen LogP contribution in [0.5, 0.6) is 0 Å². The lowest BCUT2D eigenvalue weighted by Gasteiger charge is -2.45. The number of benzene rings is 3. The number of hydrogen-bond acceptors (Lipinski definition) is 3. The molecule has 0 spiro atoms. The number of imide groups is 1. The van der Waals surface area contributed by atoms with E-state index in [1.165, 1.54) is 4.90 Å². The molecule has 3 aromatic carbocycles. The van der Waals surface area contributed by atoms with Crippen LogP contribution >= 0.6 is 11.6 Å². The highest BCUT2D eigenvalue weighted by molar-refractivity contribution is 6.31. The fourth-order valence-corrected chi connectivity index (χ4v) is 6.86. The molecule has 0 unspecified atom stereocenters. The molecule has 1 N–H and O–H groups in total. The molecule has 0 radical (unpaired) electrons. The van der Waals surface area contributed by atoms with Crippen molar-refractivity contribution in [2.24, 2.45) is 11.8 Å². The maximum absolute atomic E-state index is 14.1. The standard InChI is InChI=1S/C31H29ClN2O3/c1-3-4-13-24(29(35)33-18-15-14-17(2)23(32)16-18)34-30(36)27-25-19-9-5-6-10-20(19)26(28(27)31(34)37)22-12-8-7-11-21(22)25/h5-12,14-16,24-28H,3-4,13H2,1-2H3,(H,33,35)/t24-,25?,26?,27+,28+/m1/s1. The molecule has 6 heteroatoms. The number of aryl methyl sites for hydroxylation is 1. The number of likely N-dealkylation sites (tertiary alicyclic amines) is 1. The van der Waals surface area contributed by atoms with E-state index in [0.29, 0.717) is 17.1 Å². The highest BCUT2D eigenvalue weighted by Gasteiger charge is 2.62. The summed E-state index contributed by atoms with van der Waals surface area (Å²) < 4.78 is 0. The number of carbonyl (C=O) groups excluding carboxylic acids is 3. The van der Waals surface area contributed by atoms with Gasteiger partial charge < -0.3 is 5.32 Å². The summed E-state index contributed by atoms with van der Waals surface area (Å²) >= 11 is 6.27. The average molecular weight is 513 g/mol. The lowest BCUT2D eigenvalue weighted by Crippen LogP contribution is -2.48. The van der Waals surface area contributed by atoms with Gasteiger partial charge in [0.05, 0.1) is 11.8 Å². The third kappa shape index (κ3) is 3.63. The topological polar surface area (TPSA) is 66.5 Å². The first-order valence-corrected chi connectivity index (χ1v) is 13.4. The van der Waals surface area contributed by atoms with Gasteiger partial charge in [0.25, 0.3) is 0 Å². The number of anilines is 1. The van der Waals surface area contributed by atoms with Gasteiger partial charge in [-0.05, 0) is 53.3 Å². The van der Waals surface area contributed by atoms with E-state index in [9.17, 15) is 14.4 Å². The van der Waals surface area contributed by atoms with Gasteiger partial charge in [0, 0.05) is 22.5 Å². The Balaban J connectivity index is 1.39. The largest absolute Gasteiger partial charge is 0.324 e. The van der Waals surface area contributed by atoms with Crippen molar-refractivity contribution in [3.8, 4) is 0 Å². The molecule has 0 saturated carbocycles. The minimum atomic E-state index is -0.865. The highest BCUT2D eigenvalue weighted by atomic mass is 35.5. The van der Waals surface area contributed by atoms with E-state index < -0.39 is 17.9 Å². The summed E-state index contributed by atoms with van der Waals surface area (Å²) in [4.78, 5) is 43.2. The van der Waals surface area contributed by atoms with E-state index >= 15 is 0 Å². The van der Waals surface area contributed by atoms with Gasteiger partial charge in [0.1, 0.15) is 6.04 Å². The Morgan fingerprint density at radius 2 is 1.41 bits per heavy atom. The predicted octanol–water partition coefficient (Wildman–Crippen LogP) is 6.04. The van der Waals surface area contributed by atoms with E-state index in [1.54, 1.807) is 12.1 Å². The normalized spacial score (nSPS) is 23.9. The number of amides is 3. The van der Waals surface area contributed by atoms with Gasteiger partial charge in [0.2, 0.25) is 17.7 Å². The van der Waals surface area contributed by atoms with Gasteiger partial charge in [-0.15, -0.1) is 0 Å². The number of halogens is 1. The molecule has 1 heterocycles. The second kappa shape index (κ2) is 9.14. The number of unbranched alkanes of at least 4 members (excludes halogenated alkanes) is 1. The summed E-state index contributed by atoms with van der Waals surface area (Å²) in [5.74, 6) is -2.17. The smallest absolute Gasteiger partial charge is 0.247 e. The monoisotopic (exact) mass is 512 g/mol. The second-order valence-electron chi connectivity index (χ2n) is 10.4. The summed E-state index contributed by atoms with van der Waals surface area (Å²) in [5, 5.41) is 3.47. The van der Waals surface area contributed by atoms with E-state index in [2.05, 4.69) is 29.6 Å². The van der Waals surface area contributed by atoms with Crippen LogP contribution in [-0.4, -0.2) is 28.7 Å². The van der Waals surface area contributed by atoms with Crippen LogP contribution in [0.15, 0.2) is 66.7 Å². The molecule has 3 aromatic rings. The minimum absolute atomic E-state index is 0.186. The molecule has 1 saturated heterocycles. The van der Waals surface area contributed by atoms with Gasteiger partial charge in [-0.1, -0.05) is 86.0 Å². The molecular weight excluding hydrogens is 484 g/mol. The van der Waals surface area contributed by atoms with Crippen molar-refractivity contribution >= 4 is 35.0 Å². The van der Waals surface area contributed by atoms with Gasteiger partial charge >= 0.3 is 0 Å². The Hall–Kier alpha value is -3.44. The van der Waals surface area contributed by atoms with Gasteiger partial charge in [-0.25, -0.2) is 0 Å². The van der Waals surface area contributed by atoms with Crippen LogP contribution in [0, 0.1) is 18.8 Å². The molecule has 0 aromatic heterocycles. The van der Waals surface area contributed by atoms with Crippen molar-refractivity contribution in [1.29, 1.82) is 0 Å². The van der Waals surface area contributed by atoms with Crippen LogP contribution in [0.3, 0.4) is 0 Å². The second-order valence-corrected chi connectivity index (χ2v) is 10.8. The van der Waals surface area contributed by atoms with Gasteiger partial charge in [-0.3, -0.25) is 19.3 Å². The molecule has 37 heavy (non-hydrogen) atoms. The quantitative estimate of drug-likeness (QED) is 0.409. The minimum Gasteiger partial charge on any atom is -0.324 e. The van der Waals surface area contributed by atoms with Crippen molar-refractivity contribution in [3.05, 3.63) is 99.6 Å². The number of rotatable bonds is 6. The Morgan fingerprint density at radius 3 is 1.86 bits per heavy atom. The summed E-state index contributed by atoms with van der Waals surface area (Å²) in [6, 6.07) is 20.8. The fraction of sp³-hybridized carbons (Fsp3) is 0.323. The van der Waals surface area contributed by atoms with Crippen LogP contribution in [0.2, 0.25) is 5.02 Å². The maximum Gasteiger partial charge on any atom is 0.247 e. The molecule has 5 nitrogen and oxygen atoms in total. The van der Waals surface area contributed by atoms with Crippen LogP contribution in [0.1, 0.15) is 65.8 Å². The van der Waals surface area contributed by atoms with E-state index in [-0.39, 0.29) is 29.6 Å². The number of carbonyl (C=O) groups is 3. The third-order valence-electron chi connectivity index (χ3n) is 8.37. The highest BCUT2D eigenvalue weighted by Crippen LogP contribution is 2.61. The SMILES string of the molecule is CCCC[C@H](C(=O)Nc1ccc(C)c(Cl)c1)N1C(=O)[C@H]2C3c4ccccc4C(c4ccccc43)[C@@H]2C1=O. The van der Waals surface area contributed by atoms with E-state index in [1.807, 2.05) is 44.2 Å². The third-order valence-corrected chi connectivity index (χ3v) is 8.77. The van der Waals surface area contributed by atoms with Crippen molar-refractivity contribution in [2.75, 3.05) is 5.32 Å². The van der Waals surface area contributed by atoms with Crippen LogP contribution < -0.4 is 5.32 Å². The van der Waals surface area contributed by atoms with Gasteiger partial charge in [-0.2, -0.15) is 0 Å². The first kappa shape index (κ1) is 23.9. The van der Waals surface area contributed by atoms with Crippen molar-refractivity contribution in [3.63, 3.8) is 0 Å². The van der Waals surface area contributed by atoms with Crippen molar-refractivity contribution in [1.82, 2.24) is 4.90 Å². The molecule has 3 amide bonds. The molecule has 1 fully saturated rings. The molecular formula is C31H29ClN2O3. The van der Waals surface area contributed by atoms with Crippen molar-refractivity contribution < 1.29 is 14.4 Å². The predicted molar refractivity (Wildman–Crippen MR) is 144 cm³/mol. The summed E-state index contributed by atoms with van der Waals surface area (Å²) in [6.45, 7) is 3.93. The Kier molecular flexibility index (Phi) is 5.91. The molecule has 4 aliphatic rings. The molecule has 188 valence electrons. The Morgan fingerprint density at radius 1 is 0.892 bits per heavy atom. The molecule has 1 aliphatic heterocycles.